The maximum Gasteiger partial charge on any atom is 0.128 e. The van der Waals surface area contributed by atoms with E-state index in [1.807, 2.05) is 17.5 Å². The van der Waals surface area contributed by atoms with Crippen molar-refractivity contribution in [2.45, 2.75) is 0 Å². The van der Waals surface area contributed by atoms with E-state index in [4.69, 9.17) is 9.47 Å². The summed E-state index contributed by atoms with van der Waals surface area (Å²) in [4.78, 5) is 4.56. The van der Waals surface area contributed by atoms with Crippen LogP contribution in [0.4, 0.5) is 0 Å². The number of aromatic hydroxyl groups is 2. The van der Waals surface area contributed by atoms with Crippen molar-refractivity contribution in [2.75, 3.05) is 14.2 Å². The zero-order valence-electron chi connectivity index (χ0n) is 12.6. The minimum Gasteiger partial charge on any atom is -0.508 e. The van der Waals surface area contributed by atoms with Gasteiger partial charge in [0.15, 0.2) is 0 Å². The molecule has 2 N–H and O–H groups in total. The number of benzene rings is 2. The smallest absolute Gasteiger partial charge is 0.128 e. The van der Waals surface area contributed by atoms with E-state index in [1.54, 1.807) is 26.4 Å². The molecule has 0 unspecified atom stereocenters. The van der Waals surface area contributed by atoms with Crippen molar-refractivity contribution in [3.63, 3.8) is 0 Å². The lowest BCUT2D eigenvalue weighted by atomic mass is 10.1. The molecule has 1 aromatic heterocycles. The van der Waals surface area contributed by atoms with Gasteiger partial charge in [-0.2, -0.15) is 0 Å². The van der Waals surface area contributed by atoms with Gasteiger partial charge in [-0.25, -0.2) is 4.98 Å². The molecule has 0 aliphatic rings. The van der Waals surface area contributed by atoms with Gasteiger partial charge < -0.3 is 19.7 Å². The lowest BCUT2D eigenvalue weighted by Gasteiger charge is -2.06. The van der Waals surface area contributed by atoms with Crippen LogP contribution in [0.15, 0.2) is 41.8 Å². The number of hydrogen-bond donors (Lipinski definition) is 2. The van der Waals surface area contributed by atoms with Gasteiger partial charge in [0.25, 0.3) is 0 Å². The molecular weight excluding hydrogens is 314 g/mol. The molecule has 0 aliphatic carbocycles. The molecule has 0 bridgehead atoms. The van der Waals surface area contributed by atoms with Crippen molar-refractivity contribution in [3.05, 3.63) is 41.8 Å². The average molecular weight is 329 g/mol. The fourth-order valence-corrected chi connectivity index (χ4v) is 3.01. The SMILES string of the molecule is COc1cc(OC)cc(-c2nc(-c3ccc(O)cc3O)cs2)c1. The minimum absolute atomic E-state index is 0.00919. The van der Waals surface area contributed by atoms with Crippen molar-refractivity contribution < 1.29 is 19.7 Å². The number of aromatic nitrogens is 1. The predicted octanol–water partition coefficient (Wildman–Crippen LogP) is 3.91. The van der Waals surface area contributed by atoms with Gasteiger partial charge in [-0.1, -0.05) is 0 Å². The van der Waals surface area contributed by atoms with Gasteiger partial charge >= 0.3 is 0 Å². The molecule has 0 aliphatic heterocycles. The summed E-state index contributed by atoms with van der Waals surface area (Å²) >= 11 is 1.45. The third-order valence-electron chi connectivity index (χ3n) is 3.36. The van der Waals surface area contributed by atoms with Gasteiger partial charge in [0.2, 0.25) is 0 Å². The van der Waals surface area contributed by atoms with E-state index in [2.05, 4.69) is 4.98 Å². The first kappa shape index (κ1) is 15.2. The van der Waals surface area contributed by atoms with Gasteiger partial charge in [-0.05, 0) is 24.3 Å². The fourth-order valence-electron chi connectivity index (χ4n) is 2.20. The largest absolute Gasteiger partial charge is 0.508 e. The number of rotatable bonds is 4. The van der Waals surface area contributed by atoms with Gasteiger partial charge in [0.1, 0.15) is 28.0 Å². The Kier molecular flexibility index (Phi) is 4.08. The average Bonchev–Trinajstić information content (AvgIpc) is 3.04. The number of nitrogens with zero attached hydrogens (tertiary/aromatic N) is 1. The van der Waals surface area contributed by atoms with E-state index in [0.717, 1.165) is 10.6 Å². The number of phenols is 2. The molecule has 3 rings (SSSR count). The Morgan fingerprint density at radius 1 is 0.957 bits per heavy atom. The highest BCUT2D eigenvalue weighted by molar-refractivity contribution is 7.13. The quantitative estimate of drug-likeness (QED) is 0.759. The maximum atomic E-state index is 9.95. The summed E-state index contributed by atoms with van der Waals surface area (Å²) in [5, 5.41) is 22.0. The van der Waals surface area contributed by atoms with Crippen LogP contribution >= 0.6 is 11.3 Å². The second-order valence-corrected chi connectivity index (χ2v) is 5.70. The zero-order valence-corrected chi connectivity index (χ0v) is 13.4. The molecule has 6 heteroatoms. The Hall–Kier alpha value is -2.73. The van der Waals surface area contributed by atoms with Gasteiger partial charge in [-0.3, -0.25) is 0 Å². The molecule has 5 nitrogen and oxygen atoms in total. The van der Waals surface area contributed by atoms with Gasteiger partial charge in [0, 0.05) is 28.6 Å². The molecule has 0 radical (unpaired) electrons. The van der Waals surface area contributed by atoms with E-state index < -0.39 is 0 Å². The molecule has 0 saturated carbocycles. The topological polar surface area (TPSA) is 71.8 Å². The van der Waals surface area contributed by atoms with E-state index in [9.17, 15) is 10.2 Å². The van der Waals surface area contributed by atoms with Crippen molar-refractivity contribution in [2.24, 2.45) is 0 Å². The summed E-state index contributed by atoms with van der Waals surface area (Å²) in [5.74, 6) is 1.37. The lowest BCUT2D eigenvalue weighted by molar-refractivity contribution is 0.394. The highest BCUT2D eigenvalue weighted by Gasteiger charge is 2.12. The second-order valence-electron chi connectivity index (χ2n) is 4.84. The van der Waals surface area contributed by atoms with Crippen LogP contribution < -0.4 is 9.47 Å². The summed E-state index contributed by atoms with van der Waals surface area (Å²) in [6.07, 6.45) is 0. The standard InChI is InChI=1S/C17H15NO4S/c1-21-12-5-10(6-13(8-12)22-2)17-18-15(9-23-17)14-4-3-11(19)7-16(14)20/h3-9,19-20H,1-2H3. The first-order valence-corrected chi connectivity index (χ1v) is 7.70. The van der Waals surface area contributed by atoms with Crippen LogP contribution in [-0.4, -0.2) is 29.4 Å². The third kappa shape index (κ3) is 3.07. The number of phenolic OH excluding ortho intramolecular Hbond substituents is 2. The molecule has 0 saturated heterocycles. The highest BCUT2D eigenvalue weighted by atomic mass is 32.1. The van der Waals surface area contributed by atoms with Crippen LogP contribution in [-0.2, 0) is 0 Å². The van der Waals surface area contributed by atoms with Crippen molar-refractivity contribution >= 4 is 11.3 Å². The van der Waals surface area contributed by atoms with E-state index in [0.29, 0.717) is 22.8 Å². The molecule has 2 aromatic carbocycles. The summed E-state index contributed by atoms with van der Waals surface area (Å²) in [7, 11) is 3.20. The molecular formula is C17H15NO4S. The minimum atomic E-state index is -0.00919. The monoisotopic (exact) mass is 329 g/mol. The summed E-state index contributed by atoms with van der Waals surface area (Å²) in [6.45, 7) is 0. The first-order chi connectivity index (χ1) is 11.1. The molecule has 118 valence electrons. The fraction of sp³-hybridized carbons (Fsp3) is 0.118. The Morgan fingerprint density at radius 3 is 2.26 bits per heavy atom. The summed E-state index contributed by atoms with van der Waals surface area (Å²) < 4.78 is 10.5. The highest BCUT2D eigenvalue weighted by Crippen LogP contribution is 2.37. The number of methoxy groups -OCH3 is 2. The number of ether oxygens (including phenoxy) is 2. The van der Waals surface area contributed by atoms with Crippen molar-refractivity contribution in [1.82, 2.24) is 4.98 Å². The molecule has 0 amide bonds. The maximum absolute atomic E-state index is 9.95. The first-order valence-electron chi connectivity index (χ1n) is 6.82. The molecule has 0 atom stereocenters. The number of thiazole rings is 1. The van der Waals surface area contributed by atoms with Crippen LogP contribution in [0.25, 0.3) is 21.8 Å². The lowest BCUT2D eigenvalue weighted by Crippen LogP contribution is -1.88. The van der Waals surface area contributed by atoms with E-state index in [-0.39, 0.29) is 11.5 Å². The molecule has 3 aromatic rings. The molecule has 0 spiro atoms. The molecule has 1 heterocycles. The second kappa shape index (κ2) is 6.18. The van der Waals surface area contributed by atoms with Crippen molar-refractivity contribution in [3.8, 4) is 44.8 Å². The molecule has 23 heavy (non-hydrogen) atoms. The summed E-state index contributed by atoms with van der Waals surface area (Å²) in [6, 6.07) is 9.99. The van der Waals surface area contributed by atoms with Crippen molar-refractivity contribution in [1.29, 1.82) is 0 Å². The molecule has 0 fully saturated rings. The Bertz CT molecular complexity index is 822. The Balaban J connectivity index is 2.02. The van der Waals surface area contributed by atoms with E-state index >= 15 is 0 Å². The third-order valence-corrected chi connectivity index (χ3v) is 4.25. The van der Waals surface area contributed by atoms with Crippen LogP contribution in [0.2, 0.25) is 0 Å². The van der Waals surface area contributed by atoms with Crippen LogP contribution in [0.5, 0.6) is 23.0 Å². The van der Waals surface area contributed by atoms with Crippen LogP contribution in [0.3, 0.4) is 0 Å². The summed E-state index contributed by atoms with van der Waals surface area (Å²) in [5.41, 5.74) is 2.08. The number of hydrogen-bond acceptors (Lipinski definition) is 6. The zero-order chi connectivity index (χ0) is 16.4. The Morgan fingerprint density at radius 2 is 1.65 bits per heavy atom. The predicted molar refractivity (Wildman–Crippen MR) is 89.4 cm³/mol. The van der Waals surface area contributed by atoms with E-state index in [1.165, 1.54) is 23.5 Å². The van der Waals surface area contributed by atoms with Crippen LogP contribution in [0.1, 0.15) is 0 Å². The van der Waals surface area contributed by atoms with Gasteiger partial charge in [0.05, 0.1) is 19.9 Å². The van der Waals surface area contributed by atoms with Crippen LogP contribution in [0, 0.1) is 0 Å². The Labute approximate surface area is 137 Å². The van der Waals surface area contributed by atoms with Gasteiger partial charge in [-0.15, -0.1) is 11.3 Å². The normalized spacial score (nSPS) is 10.5.